The van der Waals surface area contributed by atoms with Crippen LogP contribution < -0.4 is 0 Å². The van der Waals surface area contributed by atoms with Gasteiger partial charge in [0.2, 0.25) is 0 Å². The highest BCUT2D eigenvalue weighted by atomic mass is 32.1. The third-order valence-electron chi connectivity index (χ3n) is 3.08. The molecule has 0 radical (unpaired) electrons. The first-order valence-electron chi connectivity index (χ1n) is 7.01. The van der Waals surface area contributed by atoms with Crippen LogP contribution in [-0.2, 0) is 17.7 Å². The molecule has 0 bridgehead atoms. The van der Waals surface area contributed by atoms with Gasteiger partial charge in [-0.3, -0.25) is 0 Å². The van der Waals surface area contributed by atoms with E-state index in [1.165, 1.54) is 7.11 Å². The lowest BCUT2D eigenvalue weighted by molar-refractivity contribution is 0.0592. The second kappa shape index (κ2) is 6.80. The molecule has 0 aliphatic heterocycles. The van der Waals surface area contributed by atoms with Crippen molar-refractivity contribution in [2.45, 2.75) is 46.1 Å². The third kappa shape index (κ3) is 3.47. The summed E-state index contributed by atoms with van der Waals surface area (Å²) in [6.45, 7) is 6.83. The molecule has 7 heteroatoms. The lowest BCUT2D eigenvalue weighted by atomic mass is 10.2. The number of hydrogen-bond donors (Lipinski definition) is 0. The van der Waals surface area contributed by atoms with Crippen LogP contribution in [0.2, 0.25) is 0 Å². The minimum Gasteiger partial charge on any atom is -0.464 e. The molecule has 0 N–H and O–H groups in total. The highest BCUT2D eigenvalue weighted by Gasteiger charge is 2.20. The summed E-state index contributed by atoms with van der Waals surface area (Å²) in [5.74, 6) is -0.0221. The van der Waals surface area contributed by atoms with Crippen LogP contribution in [0.4, 0.5) is 0 Å². The molecule has 2 rings (SSSR count). The Bertz CT molecular complexity index is 618. The van der Waals surface area contributed by atoms with Crippen molar-refractivity contribution in [1.29, 1.82) is 0 Å². The van der Waals surface area contributed by atoms with Gasteiger partial charge in [-0.15, -0.1) is 16.4 Å². The maximum atomic E-state index is 11.7. The maximum absolute atomic E-state index is 11.7. The number of aromatic nitrogens is 4. The van der Waals surface area contributed by atoms with Gasteiger partial charge in [-0.1, -0.05) is 32.4 Å². The van der Waals surface area contributed by atoms with Crippen LogP contribution in [0.1, 0.15) is 60.0 Å². The molecule has 0 spiro atoms. The van der Waals surface area contributed by atoms with Crippen molar-refractivity contribution in [2.75, 3.05) is 7.11 Å². The molecule has 0 saturated carbocycles. The van der Waals surface area contributed by atoms with Gasteiger partial charge in [0.25, 0.3) is 0 Å². The first kappa shape index (κ1) is 15.6. The predicted molar refractivity (Wildman–Crippen MR) is 80.7 cm³/mol. The van der Waals surface area contributed by atoms with Crippen LogP contribution in [0.5, 0.6) is 0 Å². The summed E-state index contributed by atoms with van der Waals surface area (Å²) < 4.78 is 6.50. The predicted octanol–water partition coefficient (Wildman–Crippen LogP) is 2.65. The van der Waals surface area contributed by atoms with E-state index in [2.05, 4.69) is 36.1 Å². The van der Waals surface area contributed by atoms with Crippen molar-refractivity contribution < 1.29 is 9.53 Å². The largest absolute Gasteiger partial charge is 0.464 e. The van der Waals surface area contributed by atoms with Crippen LogP contribution in [0, 0.1) is 0 Å². The van der Waals surface area contributed by atoms with E-state index in [-0.39, 0.29) is 0 Å². The number of hydrogen-bond acceptors (Lipinski definition) is 6. The van der Waals surface area contributed by atoms with Gasteiger partial charge in [-0.25, -0.2) is 14.5 Å². The quantitative estimate of drug-likeness (QED) is 0.767. The average Bonchev–Trinajstić information content (AvgIpc) is 3.07. The van der Waals surface area contributed by atoms with Gasteiger partial charge in [0.05, 0.1) is 30.1 Å². The summed E-state index contributed by atoms with van der Waals surface area (Å²) in [4.78, 5) is 16.3. The van der Waals surface area contributed by atoms with Crippen LogP contribution >= 0.6 is 11.3 Å². The molecule has 0 atom stereocenters. The van der Waals surface area contributed by atoms with Crippen molar-refractivity contribution >= 4 is 17.3 Å². The van der Waals surface area contributed by atoms with Gasteiger partial charge in [-0.05, 0) is 6.42 Å². The molecule has 2 heterocycles. The van der Waals surface area contributed by atoms with Crippen molar-refractivity contribution in [2.24, 2.45) is 0 Å². The normalized spacial score (nSPS) is 11.1. The number of carbonyl (C=O) groups is 1. The van der Waals surface area contributed by atoms with Gasteiger partial charge in [0.15, 0.2) is 5.69 Å². The summed E-state index contributed by atoms with van der Waals surface area (Å²) >= 11 is 1.65. The summed E-state index contributed by atoms with van der Waals surface area (Å²) in [6, 6.07) is 0. The smallest absolute Gasteiger partial charge is 0.360 e. The fraction of sp³-hybridized carbons (Fsp3) is 0.571. The van der Waals surface area contributed by atoms with Crippen molar-refractivity contribution in [3.8, 4) is 0 Å². The Morgan fingerprint density at radius 1 is 1.48 bits per heavy atom. The first-order valence-corrected chi connectivity index (χ1v) is 7.89. The van der Waals surface area contributed by atoms with Gasteiger partial charge in [0, 0.05) is 11.3 Å². The van der Waals surface area contributed by atoms with Gasteiger partial charge in [0.1, 0.15) is 0 Å². The number of esters is 1. The second-order valence-corrected chi connectivity index (χ2v) is 6.01. The zero-order valence-electron chi connectivity index (χ0n) is 12.8. The molecule has 114 valence electrons. The highest BCUT2D eigenvalue weighted by molar-refractivity contribution is 7.09. The third-order valence-corrected chi connectivity index (χ3v) is 4.27. The highest BCUT2D eigenvalue weighted by Crippen LogP contribution is 2.20. The Kier molecular flexibility index (Phi) is 5.06. The van der Waals surface area contributed by atoms with E-state index in [0.29, 0.717) is 18.2 Å². The Morgan fingerprint density at radius 2 is 2.24 bits per heavy atom. The molecule has 0 aromatic carbocycles. The number of thiazole rings is 1. The summed E-state index contributed by atoms with van der Waals surface area (Å²) in [5.41, 5.74) is 2.06. The van der Waals surface area contributed by atoms with Crippen LogP contribution in [0.25, 0.3) is 0 Å². The molecule has 0 aliphatic carbocycles. The van der Waals surface area contributed by atoms with Crippen molar-refractivity contribution in [3.63, 3.8) is 0 Å². The molecule has 2 aromatic rings. The Morgan fingerprint density at radius 3 is 2.81 bits per heavy atom. The lowest BCUT2D eigenvalue weighted by Gasteiger charge is -2.05. The monoisotopic (exact) mass is 308 g/mol. The lowest BCUT2D eigenvalue weighted by Crippen LogP contribution is -2.10. The fourth-order valence-electron chi connectivity index (χ4n) is 2.01. The topological polar surface area (TPSA) is 69.9 Å². The Labute approximate surface area is 128 Å². The minimum atomic E-state index is -0.439. The van der Waals surface area contributed by atoms with E-state index in [0.717, 1.165) is 29.2 Å². The Balaban J connectivity index is 2.26. The molecule has 0 unspecified atom stereocenters. The number of nitrogens with zero attached hydrogens (tertiary/aromatic N) is 4. The van der Waals surface area contributed by atoms with Gasteiger partial charge >= 0.3 is 5.97 Å². The molecular weight excluding hydrogens is 288 g/mol. The number of ether oxygens (including phenoxy) is 1. The minimum absolute atomic E-state index is 0.304. The summed E-state index contributed by atoms with van der Waals surface area (Å²) in [5, 5.41) is 11.2. The van der Waals surface area contributed by atoms with E-state index in [9.17, 15) is 4.79 Å². The van der Waals surface area contributed by atoms with E-state index in [1.807, 2.05) is 5.38 Å². The van der Waals surface area contributed by atoms with E-state index >= 15 is 0 Å². The second-order valence-electron chi connectivity index (χ2n) is 5.12. The van der Waals surface area contributed by atoms with E-state index in [4.69, 9.17) is 4.74 Å². The first-order chi connectivity index (χ1) is 10.1. The number of carbonyl (C=O) groups excluding carboxylic acids is 1. The van der Waals surface area contributed by atoms with Gasteiger partial charge < -0.3 is 4.74 Å². The summed E-state index contributed by atoms with van der Waals surface area (Å²) in [7, 11) is 1.35. The van der Waals surface area contributed by atoms with Crippen molar-refractivity contribution in [1.82, 2.24) is 20.0 Å². The molecule has 0 saturated heterocycles. The molecule has 0 aliphatic rings. The van der Waals surface area contributed by atoms with Crippen molar-refractivity contribution in [3.05, 3.63) is 27.5 Å². The van der Waals surface area contributed by atoms with Crippen LogP contribution in [0.15, 0.2) is 5.38 Å². The molecule has 6 nitrogen and oxygen atoms in total. The zero-order chi connectivity index (χ0) is 15.4. The fourth-order valence-corrected chi connectivity index (χ4v) is 2.84. The molecule has 21 heavy (non-hydrogen) atoms. The molecular formula is C14H20N4O2S. The van der Waals surface area contributed by atoms with E-state index < -0.39 is 5.97 Å². The number of methoxy groups -OCH3 is 1. The van der Waals surface area contributed by atoms with E-state index in [1.54, 1.807) is 16.0 Å². The summed E-state index contributed by atoms with van der Waals surface area (Å²) in [6.07, 6.45) is 1.64. The molecule has 0 amide bonds. The standard InChI is InChI=1S/C14H20N4O2S/c1-5-6-11-12(14(19)20-4)16-17-18(11)7-10-8-21-13(15-10)9(2)3/h8-9H,5-7H2,1-4H3. The molecule has 0 fully saturated rings. The van der Waals surface area contributed by atoms with Crippen LogP contribution in [-0.4, -0.2) is 33.1 Å². The Hall–Kier alpha value is -1.76. The van der Waals surface area contributed by atoms with Gasteiger partial charge in [-0.2, -0.15) is 0 Å². The zero-order valence-corrected chi connectivity index (χ0v) is 13.6. The molecule has 2 aromatic heterocycles. The van der Waals surface area contributed by atoms with Crippen LogP contribution in [0.3, 0.4) is 0 Å². The average molecular weight is 308 g/mol. The number of rotatable bonds is 6. The SMILES string of the molecule is CCCc1c(C(=O)OC)nnn1Cc1csc(C(C)C)n1. The maximum Gasteiger partial charge on any atom is 0.360 e.